The lowest BCUT2D eigenvalue weighted by atomic mass is 10.1. The van der Waals surface area contributed by atoms with Crippen molar-refractivity contribution in [2.75, 3.05) is 19.0 Å². The second kappa shape index (κ2) is 7.82. The maximum Gasteiger partial charge on any atom is 0.165 e. The van der Waals surface area contributed by atoms with Crippen LogP contribution < -0.4 is 14.8 Å². The van der Waals surface area contributed by atoms with E-state index in [-0.39, 0.29) is 6.10 Å². The Morgan fingerprint density at radius 3 is 2.81 bits per heavy atom. The summed E-state index contributed by atoms with van der Waals surface area (Å²) in [6.45, 7) is 3.44. The van der Waals surface area contributed by atoms with Gasteiger partial charge in [0.25, 0.3) is 0 Å². The predicted octanol–water partition coefficient (Wildman–Crippen LogP) is 3.59. The van der Waals surface area contributed by atoms with Crippen molar-refractivity contribution in [3.63, 3.8) is 0 Å². The number of nitrogens with zero attached hydrogens (tertiary/aromatic N) is 4. The normalized spacial score (nSPS) is 14.6. The number of aromatic nitrogens is 4. The van der Waals surface area contributed by atoms with E-state index in [0.717, 1.165) is 53.8 Å². The van der Waals surface area contributed by atoms with Gasteiger partial charge in [0.2, 0.25) is 0 Å². The highest BCUT2D eigenvalue weighted by atomic mass is 16.5. The van der Waals surface area contributed by atoms with Crippen molar-refractivity contribution in [3.05, 3.63) is 36.4 Å². The Balaban J connectivity index is 1.65. The molecule has 0 amide bonds. The van der Waals surface area contributed by atoms with Gasteiger partial charge in [-0.25, -0.2) is 15.0 Å². The Morgan fingerprint density at radius 2 is 2.04 bits per heavy atom. The van der Waals surface area contributed by atoms with Gasteiger partial charge in [0.15, 0.2) is 17.3 Å². The van der Waals surface area contributed by atoms with Crippen LogP contribution in [0, 0.1) is 0 Å². The van der Waals surface area contributed by atoms with Gasteiger partial charge in [0.1, 0.15) is 17.8 Å². The molecule has 0 radical (unpaired) electrons. The molecule has 0 unspecified atom stereocenters. The molecule has 1 saturated carbocycles. The van der Waals surface area contributed by atoms with Gasteiger partial charge < -0.3 is 19.4 Å². The quantitative estimate of drug-likeness (QED) is 0.688. The fraction of sp³-hybridized carbons (Fsp3) is 0.450. The molecule has 27 heavy (non-hydrogen) atoms. The van der Waals surface area contributed by atoms with Crippen LogP contribution in [-0.2, 0) is 6.54 Å². The zero-order chi connectivity index (χ0) is 18.6. The second-order valence-electron chi connectivity index (χ2n) is 6.80. The van der Waals surface area contributed by atoms with E-state index < -0.39 is 0 Å². The van der Waals surface area contributed by atoms with Crippen LogP contribution in [0.4, 0.5) is 5.82 Å². The smallest absolute Gasteiger partial charge is 0.165 e. The number of benzene rings is 1. The highest BCUT2D eigenvalue weighted by Crippen LogP contribution is 2.32. The Kier molecular flexibility index (Phi) is 5.09. The summed E-state index contributed by atoms with van der Waals surface area (Å²) in [5.41, 5.74) is 1.86. The first-order valence-corrected chi connectivity index (χ1v) is 9.51. The molecule has 2 aliphatic heterocycles. The molecule has 0 atom stereocenters. The van der Waals surface area contributed by atoms with E-state index in [9.17, 15) is 0 Å². The van der Waals surface area contributed by atoms with Crippen LogP contribution in [0.3, 0.4) is 0 Å². The number of hydrogen-bond acceptors (Lipinski definition) is 6. The van der Waals surface area contributed by atoms with Crippen LogP contribution in [0.15, 0.2) is 30.9 Å². The molecule has 1 aliphatic carbocycles. The summed E-state index contributed by atoms with van der Waals surface area (Å²) in [6, 6.07) is 5.99. The maximum absolute atomic E-state index is 6.31. The average molecular weight is 367 g/mol. The molecule has 3 aliphatic rings. The van der Waals surface area contributed by atoms with Gasteiger partial charge in [-0.15, -0.1) is 0 Å². The van der Waals surface area contributed by atoms with E-state index in [1.165, 1.54) is 12.8 Å². The molecule has 1 aromatic carbocycles. The molecular formula is C20H25N5O2. The molecule has 142 valence electrons. The Bertz CT molecular complexity index is 873. The molecule has 0 bridgehead atoms. The number of ether oxygens (including phenoxy) is 2. The van der Waals surface area contributed by atoms with Crippen molar-refractivity contribution in [2.24, 2.45) is 0 Å². The first kappa shape index (κ1) is 17.6. The molecule has 1 aromatic rings. The number of imidazole rings is 1. The summed E-state index contributed by atoms with van der Waals surface area (Å²) in [5.74, 6) is 3.25. The number of methoxy groups -OCH3 is 1. The fourth-order valence-corrected chi connectivity index (χ4v) is 3.56. The Hall–Kier alpha value is -2.83. The molecule has 7 nitrogen and oxygen atoms in total. The fourth-order valence-electron chi connectivity index (χ4n) is 3.56. The third-order valence-electron chi connectivity index (χ3n) is 4.96. The number of anilines is 1. The minimum atomic E-state index is 0.286. The van der Waals surface area contributed by atoms with E-state index in [1.807, 2.05) is 23.6 Å². The van der Waals surface area contributed by atoms with Crippen molar-refractivity contribution in [1.82, 2.24) is 19.5 Å². The monoisotopic (exact) mass is 367 g/mol. The summed E-state index contributed by atoms with van der Waals surface area (Å²) in [7, 11) is 1.68. The van der Waals surface area contributed by atoms with E-state index in [0.29, 0.717) is 6.54 Å². The minimum absolute atomic E-state index is 0.286. The van der Waals surface area contributed by atoms with Gasteiger partial charge >= 0.3 is 0 Å². The van der Waals surface area contributed by atoms with Crippen molar-refractivity contribution in [1.29, 1.82) is 0 Å². The predicted molar refractivity (Wildman–Crippen MR) is 104 cm³/mol. The van der Waals surface area contributed by atoms with Crippen molar-refractivity contribution >= 4 is 5.82 Å². The lowest BCUT2D eigenvalue weighted by Gasteiger charge is -2.19. The SMILES string of the molecule is CCNc1ncn(Cc2ccc(OC)cc2OC2CCCC2)c2ncnc1-2. The third kappa shape index (κ3) is 3.67. The largest absolute Gasteiger partial charge is 0.497 e. The van der Waals surface area contributed by atoms with Gasteiger partial charge in [0.05, 0.1) is 26.1 Å². The first-order valence-electron chi connectivity index (χ1n) is 9.51. The van der Waals surface area contributed by atoms with E-state index in [4.69, 9.17) is 9.47 Å². The first-order chi connectivity index (χ1) is 13.3. The van der Waals surface area contributed by atoms with Crippen LogP contribution in [0.2, 0.25) is 0 Å². The average Bonchev–Trinajstić information content (AvgIpc) is 3.37. The lowest BCUT2D eigenvalue weighted by molar-refractivity contribution is 0.207. The molecule has 0 aromatic heterocycles. The van der Waals surface area contributed by atoms with Crippen LogP contribution in [0.5, 0.6) is 11.5 Å². The maximum atomic E-state index is 6.31. The standard InChI is InChI=1S/C20H25N5O2/c1-3-21-19-18-20(23-12-22-18)25(13-24-19)11-14-8-9-16(26-2)10-17(14)27-15-6-4-5-7-15/h8-10,12-13,15,21H,3-7,11H2,1-2H3. The molecule has 4 rings (SSSR count). The summed E-state index contributed by atoms with van der Waals surface area (Å²) in [5, 5.41) is 3.23. The molecule has 0 saturated heterocycles. The van der Waals surface area contributed by atoms with E-state index in [1.54, 1.807) is 19.8 Å². The topological polar surface area (TPSA) is 74.1 Å². The van der Waals surface area contributed by atoms with Crippen LogP contribution in [-0.4, -0.2) is 39.3 Å². The van der Waals surface area contributed by atoms with E-state index in [2.05, 4.69) is 26.3 Å². The van der Waals surface area contributed by atoms with Crippen LogP contribution >= 0.6 is 0 Å². The van der Waals surface area contributed by atoms with Gasteiger partial charge in [-0.05, 0) is 44.7 Å². The lowest BCUT2D eigenvalue weighted by Crippen LogP contribution is -2.15. The summed E-state index contributed by atoms with van der Waals surface area (Å²) < 4.78 is 13.7. The van der Waals surface area contributed by atoms with Crippen molar-refractivity contribution < 1.29 is 9.47 Å². The third-order valence-corrected chi connectivity index (χ3v) is 4.96. The molecular weight excluding hydrogens is 342 g/mol. The van der Waals surface area contributed by atoms with Gasteiger partial charge in [-0.1, -0.05) is 0 Å². The van der Waals surface area contributed by atoms with E-state index >= 15 is 0 Å². The number of fused-ring (bicyclic) bond motifs is 1. The number of rotatable bonds is 7. The minimum Gasteiger partial charge on any atom is -0.497 e. The Labute approximate surface area is 159 Å². The summed E-state index contributed by atoms with van der Waals surface area (Å²) in [4.78, 5) is 13.3. The summed E-state index contributed by atoms with van der Waals surface area (Å²) in [6.07, 6.45) is 8.36. The Morgan fingerprint density at radius 1 is 1.19 bits per heavy atom. The summed E-state index contributed by atoms with van der Waals surface area (Å²) >= 11 is 0. The molecule has 1 N–H and O–H groups in total. The molecule has 0 spiro atoms. The number of nitrogens with one attached hydrogen (secondary N) is 1. The molecule has 7 heteroatoms. The van der Waals surface area contributed by atoms with Crippen molar-refractivity contribution in [3.8, 4) is 23.0 Å². The number of hydrogen-bond donors (Lipinski definition) is 1. The highest BCUT2D eigenvalue weighted by Gasteiger charge is 2.20. The van der Waals surface area contributed by atoms with Gasteiger partial charge in [-0.3, -0.25) is 0 Å². The highest BCUT2D eigenvalue weighted by molar-refractivity contribution is 5.66. The van der Waals surface area contributed by atoms with Gasteiger partial charge in [-0.2, -0.15) is 0 Å². The molecule has 2 heterocycles. The second-order valence-corrected chi connectivity index (χ2v) is 6.80. The van der Waals surface area contributed by atoms with Crippen LogP contribution in [0.25, 0.3) is 11.5 Å². The zero-order valence-electron chi connectivity index (χ0n) is 15.8. The van der Waals surface area contributed by atoms with Crippen LogP contribution in [0.1, 0.15) is 38.2 Å². The van der Waals surface area contributed by atoms with Crippen molar-refractivity contribution in [2.45, 2.75) is 45.3 Å². The van der Waals surface area contributed by atoms with Gasteiger partial charge in [0, 0.05) is 18.2 Å². The zero-order valence-corrected chi connectivity index (χ0v) is 15.8. The molecule has 1 fully saturated rings.